The summed E-state index contributed by atoms with van der Waals surface area (Å²) in [7, 11) is 1.53. The average molecular weight is 248 g/mol. The lowest BCUT2D eigenvalue weighted by atomic mass is 9.94. The summed E-state index contributed by atoms with van der Waals surface area (Å²) in [6.07, 6.45) is -1.31. The highest BCUT2D eigenvalue weighted by Crippen LogP contribution is 2.36. The molecular weight excluding hydrogens is 232 g/mol. The molecule has 0 saturated carbocycles. The van der Waals surface area contributed by atoms with Gasteiger partial charge < -0.3 is 14.2 Å². The number of esters is 1. The maximum atomic E-state index is 11.9. The van der Waals surface area contributed by atoms with Gasteiger partial charge in [0.15, 0.2) is 0 Å². The van der Waals surface area contributed by atoms with E-state index in [9.17, 15) is 4.79 Å². The Morgan fingerprint density at radius 2 is 2.17 bits per heavy atom. The van der Waals surface area contributed by atoms with E-state index < -0.39 is 18.2 Å². The molecule has 0 saturated heterocycles. The lowest BCUT2D eigenvalue weighted by Gasteiger charge is -2.32. The Hall–Kier alpha value is -1.81. The first-order valence-corrected chi connectivity index (χ1v) is 5.83. The number of ether oxygens (including phenoxy) is 3. The lowest BCUT2D eigenvalue weighted by Crippen LogP contribution is -2.44. The molecule has 2 atom stereocenters. The number of hydrogen-bond acceptors (Lipinski definition) is 4. The van der Waals surface area contributed by atoms with Crippen molar-refractivity contribution in [2.45, 2.75) is 19.1 Å². The van der Waals surface area contributed by atoms with Crippen LogP contribution in [0.25, 0.3) is 5.57 Å². The van der Waals surface area contributed by atoms with E-state index in [0.29, 0.717) is 12.4 Å². The minimum absolute atomic E-state index is 0.309. The molecule has 1 aliphatic rings. The van der Waals surface area contributed by atoms with Gasteiger partial charge >= 0.3 is 5.97 Å². The highest BCUT2D eigenvalue weighted by molar-refractivity contribution is 5.84. The molecule has 0 amide bonds. The second kappa shape index (κ2) is 5.23. The molecule has 0 fully saturated rings. The van der Waals surface area contributed by atoms with Gasteiger partial charge in [0.1, 0.15) is 11.9 Å². The maximum absolute atomic E-state index is 11.9. The number of hydrogen-bond donors (Lipinski definition) is 0. The molecule has 0 radical (unpaired) electrons. The topological polar surface area (TPSA) is 44.8 Å². The summed E-state index contributed by atoms with van der Waals surface area (Å²) in [6.45, 7) is 6.05. The summed E-state index contributed by atoms with van der Waals surface area (Å²) in [5, 5.41) is 0. The zero-order valence-corrected chi connectivity index (χ0v) is 10.5. The first kappa shape index (κ1) is 12.6. The molecule has 1 heterocycles. The van der Waals surface area contributed by atoms with E-state index in [-0.39, 0.29) is 0 Å². The maximum Gasteiger partial charge on any atom is 0.350 e. The molecule has 0 aromatic heterocycles. The number of rotatable bonds is 3. The van der Waals surface area contributed by atoms with Crippen LogP contribution in [0.3, 0.4) is 0 Å². The van der Waals surface area contributed by atoms with Crippen molar-refractivity contribution < 1.29 is 19.0 Å². The Kier molecular flexibility index (Phi) is 3.67. The molecule has 4 nitrogen and oxygen atoms in total. The molecule has 2 rings (SSSR count). The van der Waals surface area contributed by atoms with Crippen molar-refractivity contribution in [2.75, 3.05) is 13.7 Å². The van der Waals surface area contributed by atoms with Gasteiger partial charge in [0.25, 0.3) is 0 Å². The van der Waals surface area contributed by atoms with Gasteiger partial charge in [0.05, 0.1) is 6.61 Å². The molecule has 1 aromatic carbocycles. The predicted molar refractivity (Wildman–Crippen MR) is 67.3 cm³/mol. The predicted octanol–water partition coefficient (Wildman–Crippen LogP) is 2.04. The third kappa shape index (κ3) is 2.11. The fourth-order valence-corrected chi connectivity index (χ4v) is 2.03. The summed E-state index contributed by atoms with van der Waals surface area (Å²) in [4.78, 5) is 11.9. The van der Waals surface area contributed by atoms with E-state index in [1.807, 2.05) is 18.2 Å². The minimum Gasteiger partial charge on any atom is -0.475 e. The molecule has 1 aliphatic heterocycles. The SMILES string of the molecule is C=C1c2ccccc2O[C@H](C(=O)OCC)[C@@H]1OC. The Labute approximate surface area is 106 Å². The number of carbonyl (C=O) groups is 1. The van der Waals surface area contributed by atoms with E-state index in [1.54, 1.807) is 13.0 Å². The van der Waals surface area contributed by atoms with Gasteiger partial charge in [-0.05, 0) is 18.6 Å². The molecule has 0 N–H and O–H groups in total. The van der Waals surface area contributed by atoms with Crippen molar-refractivity contribution in [1.29, 1.82) is 0 Å². The molecule has 18 heavy (non-hydrogen) atoms. The number of carbonyl (C=O) groups excluding carboxylic acids is 1. The summed E-state index contributed by atoms with van der Waals surface area (Å²) in [5.74, 6) is 0.203. The van der Waals surface area contributed by atoms with Crippen LogP contribution in [0.5, 0.6) is 5.75 Å². The van der Waals surface area contributed by atoms with Gasteiger partial charge in [-0.1, -0.05) is 24.8 Å². The van der Waals surface area contributed by atoms with E-state index in [1.165, 1.54) is 7.11 Å². The molecule has 0 aliphatic carbocycles. The summed E-state index contributed by atoms with van der Waals surface area (Å²) in [6, 6.07) is 7.44. The van der Waals surface area contributed by atoms with Crippen LogP contribution >= 0.6 is 0 Å². The first-order valence-electron chi connectivity index (χ1n) is 5.83. The van der Waals surface area contributed by atoms with Crippen molar-refractivity contribution in [3.05, 3.63) is 36.4 Å². The van der Waals surface area contributed by atoms with Crippen LogP contribution in [0.1, 0.15) is 12.5 Å². The largest absolute Gasteiger partial charge is 0.475 e. The van der Waals surface area contributed by atoms with E-state index in [0.717, 1.165) is 11.1 Å². The molecule has 0 unspecified atom stereocenters. The van der Waals surface area contributed by atoms with Crippen LogP contribution in [0.4, 0.5) is 0 Å². The van der Waals surface area contributed by atoms with E-state index in [4.69, 9.17) is 14.2 Å². The van der Waals surface area contributed by atoms with Crippen molar-refractivity contribution in [2.24, 2.45) is 0 Å². The Balaban J connectivity index is 2.34. The van der Waals surface area contributed by atoms with E-state index in [2.05, 4.69) is 6.58 Å². The summed E-state index contributed by atoms with van der Waals surface area (Å²) < 4.78 is 16.0. The summed E-state index contributed by atoms with van der Waals surface area (Å²) >= 11 is 0. The Bertz CT molecular complexity index is 467. The normalized spacial score (nSPS) is 22.0. The van der Waals surface area contributed by atoms with Crippen molar-refractivity contribution in [3.8, 4) is 5.75 Å². The van der Waals surface area contributed by atoms with E-state index >= 15 is 0 Å². The van der Waals surface area contributed by atoms with Gasteiger partial charge in [0.2, 0.25) is 6.10 Å². The quantitative estimate of drug-likeness (QED) is 0.768. The number of para-hydroxylation sites is 1. The summed E-state index contributed by atoms with van der Waals surface area (Å²) in [5.41, 5.74) is 1.60. The molecule has 0 bridgehead atoms. The van der Waals surface area contributed by atoms with Crippen LogP contribution in [0.2, 0.25) is 0 Å². The number of methoxy groups -OCH3 is 1. The first-order chi connectivity index (χ1) is 8.69. The van der Waals surface area contributed by atoms with Gasteiger partial charge in [-0.15, -0.1) is 0 Å². The van der Waals surface area contributed by atoms with Crippen molar-refractivity contribution in [1.82, 2.24) is 0 Å². The Morgan fingerprint density at radius 1 is 1.44 bits per heavy atom. The molecular formula is C14H16O4. The second-order valence-electron chi connectivity index (χ2n) is 3.97. The zero-order valence-electron chi connectivity index (χ0n) is 10.5. The van der Waals surface area contributed by atoms with Crippen LogP contribution in [0.15, 0.2) is 30.8 Å². The third-order valence-corrected chi connectivity index (χ3v) is 2.88. The van der Waals surface area contributed by atoms with Gasteiger partial charge in [-0.3, -0.25) is 0 Å². The van der Waals surface area contributed by atoms with Crippen LogP contribution in [0, 0.1) is 0 Å². The molecule has 4 heteroatoms. The fourth-order valence-electron chi connectivity index (χ4n) is 2.03. The highest BCUT2D eigenvalue weighted by Gasteiger charge is 2.39. The fraction of sp³-hybridized carbons (Fsp3) is 0.357. The highest BCUT2D eigenvalue weighted by atomic mass is 16.6. The van der Waals surface area contributed by atoms with Crippen LogP contribution < -0.4 is 4.74 Å². The Morgan fingerprint density at radius 3 is 2.83 bits per heavy atom. The van der Waals surface area contributed by atoms with Gasteiger partial charge in [-0.2, -0.15) is 0 Å². The third-order valence-electron chi connectivity index (χ3n) is 2.88. The van der Waals surface area contributed by atoms with Crippen molar-refractivity contribution >= 4 is 11.5 Å². The van der Waals surface area contributed by atoms with Gasteiger partial charge in [0, 0.05) is 12.7 Å². The average Bonchev–Trinajstić information content (AvgIpc) is 2.39. The standard InChI is InChI=1S/C14H16O4/c1-4-17-14(15)13-12(16-3)9(2)10-7-5-6-8-11(10)18-13/h5-8,12-13H,2,4H2,1,3H3/t12-,13+/m1/s1. The molecule has 1 aromatic rings. The second-order valence-corrected chi connectivity index (χ2v) is 3.97. The van der Waals surface area contributed by atoms with Crippen molar-refractivity contribution in [3.63, 3.8) is 0 Å². The number of fused-ring (bicyclic) bond motifs is 1. The number of benzene rings is 1. The molecule has 96 valence electrons. The van der Waals surface area contributed by atoms with Crippen LogP contribution in [-0.4, -0.2) is 31.9 Å². The lowest BCUT2D eigenvalue weighted by molar-refractivity contribution is -0.156. The van der Waals surface area contributed by atoms with Gasteiger partial charge in [-0.25, -0.2) is 4.79 Å². The smallest absolute Gasteiger partial charge is 0.350 e. The minimum atomic E-state index is -0.794. The molecule has 0 spiro atoms. The van der Waals surface area contributed by atoms with Crippen LogP contribution in [-0.2, 0) is 14.3 Å². The monoisotopic (exact) mass is 248 g/mol. The zero-order chi connectivity index (χ0) is 13.1.